The number of halogens is 2. The second-order valence-corrected chi connectivity index (χ2v) is 10.0. The van der Waals surface area contributed by atoms with Gasteiger partial charge in [-0.1, -0.05) is 84.8 Å². The highest BCUT2D eigenvalue weighted by Crippen LogP contribution is 2.25. The van der Waals surface area contributed by atoms with E-state index in [1.807, 2.05) is 39.0 Å². The minimum atomic E-state index is -0.558. The van der Waals surface area contributed by atoms with Crippen LogP contribution in [0.5, 0.6) is 0 Å². The van der Waals surface area contributed by atoms with Crippen LogP contribution >= 0.6 is 23.2 Å². The van der Waals surface area contributed by atoms with Crippen LogP contribution in [0.2, 0.25) is 10.0 Å². The van der Waals surface area contributed by atoms with Crippen LogP contribution in [0, 0.1) is 13.8 Å². The van der Waals surface area contributed by atoms with Crippen molar-refractivity contribution in [3.8, 4) is 0 Å². The van der Waals surface area contributed by atoms with Crippen molar-refractivity contribution in [3.05, 3.63) is 68.7 Å². The largest absolute Gasteiger partial charge is 0.352 e. The molecule has 0 bridgehead atoms. The van der Waals surface area contributed by atoms with Crippen molar-refractivity contribution in [2.24, 2.45) is 0 Å². The summed E-state index contributed by atoms with van der Waals surface area (Å²) < 4.78 is 0. The molecule has 1 fully saturated rings. The van der Waals surface area contributed by atoms with Gasteiger partial charge in [0.15, 0.2) is 0 Å². The highest BCUT2D eigenvalue weighted by atomic mass is 35.5. The number of nitrogens with zero attached hydrogens (tertiary/aromatic N) is 1. The summed E-state index contributed by atoms with van der Waals surface area (Å²) in [6.45, 7) is 6.26. The third-order valence-corrected chi connectivity index (χ3v) is 6.92. The molecular weight excluding hydrogens is 455 g/mol. The fraction of sp³-hybridized carbons (Fsp3) is 0.481. The molecule has 3 rings (SSSR count). The summed E-state index contributed by atoms with van der Waals surface area (Å²) in [5.41, 5.74) is 3.96. The van der Waals surface area contributed by atoms with Crippen LogP contribution in [-0.4, -0.2) is 28.8 Å². The Morgan fingerprint density at radius 2 is 1.70 bits per heavy atom. The first-order chi connectivity index (χ1) is 15.8. The second kappa shape index (κ2) is 11.9. The van der Waals surface area contributed by atoms with E-state index in [2.05, 4.69) is 11.4 Å². The molecule has 0 saturated heterocycles. The van der Waals surface area contributed by atoms with Crippen molar-refractivity contribution in [1.29, 1.82) is 0 Å². The summed E-state index contributed by atoms with van der Waals surface area (Å²) >= 11 is 12.5. The van der Waals surface area contributed by atoms with Crippen LogP contribution in [0.3, 0.4) is 0 Å². The summed E-state index contributed by atoms with van der Waals surface area (Å²) in [6.07, 6.45) is 6.26. The van der Waals surface area contributed by atoms with Crippen molar-refractivity contribution in [2.45, 2.75) is 84.3 Å². The number of rotatable bonds is 8. The molecule has 33 heavy (non-hydrogen) atoms. The van der Waals surface area contributed by atoms with E-state index in [0.717, 1.165) is 47.9 Å². The van der Waals surface area contributed by atoms with Crippen LogP contribution in [0.4, 0.5) is 0 Å². The van der Waals surface area contributed by atoms with E-state index in [1.54, 1.807) is 17.0 Å². The van der Waals surface area contributed by atoms with Crippen LogP contribution in [0.25, 0.3) is 0 Å². The summed E-state index contributed by atoms with van der Waals surface area (Å²) in [5, 5.41) is 4.25. The Labute approximate surface area is 207 Å². The third kappa shape index (κ3) is 7.22. The Kier molecular flexibility index (Phi) is 9.22. The molecule has 2 amide bonds. The highest BCUT2D eigenvalue weighted by Gasteiger charge is 2.30. The van der Waals surface area contributed by atoms with Crippen molar-refractivity contribution in [1.82, 2.24) is 10.2 Å². The topological polar surface area (TPSA) is 49.4 Å². The monoisotopic (exact) mass is 488 g/mol. The van der Waals surface area contributed by atoms with E-state index < -0.39 is 6.04 Å². The van der Waals surface area contributed by atoms with Crippen LogP contribution < -0.4 is 5.32 Å². The van der Waals surface area contributed by atoms with Crippen LogP contribution in [-0.2, 0) is 22.6 Å². The molecule has 0 spiro atoms. The van der Waals surface area contributed by atoms with E-state index >= 15 is 0 Å². The average molecular weight is 489 g/mol. The molecule has 1 aliphatic carbocycles. The van der Waals surface area contributed by atoms with Crippen LogP contribution in [0.15, 0.2) is 36.4 Å². The zero-order valence-electron chi connectivity index (χ0n) is 19.8. The minimum absolute atomic E-state index is 0.0803. The summed E-state index contributed by atoms with van der Waals surface area (Å²) in [6, 6.07) is 11.0. The molecule has 1 aliphatic rings. The molecule has 1 saturated carbocycles. The molecule has 1 unspecified atom stereocenters. The number of carbonyl (C=O) groups excluding carboxylic acids is 2. The van der Waals surface area contributed by atoms with Crippen molar-refractivity contribution in [3.63, 3.8) is 0 Å². The number of carbonyl (C=O) groups is 2. The molecule has 0 heterocycles. The smallest absolute Gasteiger partial charge is 0.243 e. The lowest BCUT2D eigenvalue weighted by Crippen LogP contribution is -2.52. The van der Waals surface area contributed by atoms with Crippen LogP contribution in [0.1, 0.15) is 67.7 Å². The van der Waals surface area contributed by atoms with Gasteiger partial charge in [0.2, 0.25) is 11.8 Å². The number of benzene rings is 2. The number of nitrogens with one attached hydrogen (secondary N) is 1. The molecule has 1 atom stereocenters. The van der Waals surface area contributed by atoms with Gasteiger partial charge in [0.05, 0.1) is 6.42 Å². The van der Waals surface area contributed by atoms with E-state index in [-0.39, 0.29) is 30.8 Å². The maximum atomic E-state index is 13.6. The molecule has 0 radical (unpaired) electrons. The summed E-state index contributed by atoms with van der Waals surface area (Å²) in [7, 11) is 0. The molecule has 4 nitrogen and oxygen atoms in total. The SMILES string of the molecule is CCC(C(=O)NC1CCCCC1)N(Cc1ccc(Cl)cc1Cl)C(=O)Cc1cc(C)cc(C)c1. The minimum Gasteiger partial charge on any atom is -0.352 e. The lowest BCUT2D eigenvalue weighted by atomic mass is 9.95. The van der Waals surface area contributed by atoms with E-state index in [1.165, 1.54) is 6.42 Å². The highest BCUT2D eigenvalue weighted by molar-refractivity contribution is 6.35. The van der Waals surface area contributed by atoms with Crippen molar-refractivity contribution < 1.29 is 9.59 Å². The van der Waals surface area contributed by atoms with Gasteiger partial charge >= 0.3 is 0 Å². The lowest BCUT2D eigenvalue weighted by molar-refractivity contribution is -0.141. The van der Waals surface area contributed by atoms with E-state index in [0.29, 0.717) is 16.5 Å². The Hall–Kier alpha value is -2.04. The fourth-order valence-corrected chi connectivity index (χ4v) is 5.21. The molecule has 2 aromatic rings. The van der Waals surface area contributed by atoms with Gasteiger partial charge in [0, 0.05) is 22.6 Å². The van der Waals surface area contributed by atoms with Gasteiger partial charge in [0.1, 0.15) is 6.04 Å². The average Bonchev–Trinajstić information content (AvgIpc) is 2.75. The first kappa shape index (κ1) is 25.6. The van der Waals surface area contributed by atoms with E-state index in [4.69, 9.17) is 23.2 Å². The summed E-state index contributed by atoms with van der Waals surface area (Å²) in [5.74, 6) is -0.167. The molecule has 6 heteroatoms. The number of aryl methyl sites for hydroxylation is 2. The van der Waals surface area contributed by atoms with Gasteiger partial charge in [0.25, 0.3) is 0 Å². The Morgan fingerprint density at radius 1 is 1.03 bits per heavy atom. The van der Waals surface area contributed by atoms with Gasteiger partial charge in [-0.05, 0) is 56.4 Å². The molecule has 178 valence electrons. The van der Waals surface area contributed by atoms with Crippen molar-refractivity contribution in [2.75, 3.05) is 0 Å². The normalized spacial score (nSPS) is 15.2. The predicted molar refractivity (Wildman–Crippen MR) is 136 cm³/mol. The fourth-order valence-electron chi connectivity index (χ4n) is 4.74. The molecule has 1 N–H and O–H groups in total. The first-order valence-corrected chi connectivity index (χ1v) is 12.6. The molecule has 2 aromatic carbocycles. The predicted octanol–water partition coefficient (Wildman–Crippen LogP) is 6.41. The standard InChI is InChI=1S/C27H34Cl2N2O2/c1-4-25(27(33)30-23-8-6-5-7-9-23)31(17-21-10-11-22(28)16-24(21)29)26(32)15-20-13-18(2)12-19(3)14-20/h10-14,16,23,25H,4-9,15,17H2,1-3H3,(H,30,33). The van der Waals surface area contributed by atoms with Gasteiger partial charge in [-0.15, -0.1) is 0 Å². The number of amides is 2. The van der Waals surface area contributed by atoms with Gasteiger partial charge in [-0.3, -0.25) is 9.59 Å². The van der Waals surface area contributed by atoms with Crippen molar-refractivity contribution >= 4 is 35.0 Å². The summed E-state index contributed by atoms with van der Waals surface area (Å²) in [4.78, 5) is 28.6. The Morgan fingerprint density at radius 3 is 2.30 bits per heavy atom. The maximum absolute atomic E-state index is 13.6. The zero-order valence-corrected chi connectivity index (χ0v) is 21.3. The zero-order chi connectivity index (χ0) is 24.0. The lowest BCUT2D eigenvalue weighted by Gasteiger charge is -2.33. The Balaban J connectivity index is 1.86. The maximum Gasteiger partial charge on any atom is 0.243 e. The second-order valence-electron chi connectivity index (χ2n) is 9.20. The Bertz CT molecular complexity index is 966. The number of hydrogen-bond donors (Lipinski definition) is 1. The third-order valence-electron chi connectivity index (χ3n) is 6.33. The molecule has 0 aliphatic heterocycles. The van der Waals surface area contributed by atoms with Gasteiger partial charge in [-0.2, -0.15) is 0 Å². The first-order valence-electron chi connectivity index (χ1n) is 11.9. The van der Waals surface area contributed by atoms with Gasteiger partial charge < -0.3 is 10.2 Å². The molecular formula is C27H34Cl2N2O2. The quantitative estimate of drug-likeness (QED) is 0.466. The number of hydrogen-bond acceptors (Lipinski definition) is 2. The van der Waals surface area contributed by atoms with E-state index in [9.17, 15) is 9.59 Å². The van der Waals surface area contributed by atoms with Gasteiger partial charge in [-0.25, -0.2) is 0 Å². The molecule has 0 aromatic heterocycles.